The van der Waals surface area contributed by atoms with Gasteiger partial charge in [0, 0.05) is 58.8 Å². The Balaban J connectivity index is 1.09. The summed E-state index contributed by atoms with van der Waals surface area (Å²) in [7, 11) is 5.74. The van der Waals surface area contributed by atoms with Gasteiger partial charge in [-0.3, -0.25) is 24.5 Å². The van der Waals surface area contributed by atoms with Gasteiger partial charge in [-0.1, -0.05) is 42.3 Å². The van der Waals surface area contributed by atoms with Crippen molar-refractivity contribution >= 4 is 64.8 Å². The molecular weight excluding hydrogens is 1020 g/mol. The van der Waals surface area contributed by atoms with E-state index in [0.717, 1.165) is 22.9 Å². The number of methoxy groups -OCH3 is 2. The minimum absolute atomic E-state index is 0.0148. The topological polar surface area (TPSA) is 203 Å². The van der Waals surface area contributed by atoms with Crippen LogP contribution in [-0.2, 0) is 49.3 Å². The zero-order valence-corrected chi connectivity index (χ0v) is 42.9. The van der Waals surface area contributed by atoms with E-state index in [4.69, 9.17) is 35.3 Å². The van der Waals surface area contributed by atoms with Gasteiger partial charge in [0.1, 0.15) is 40.7 Å². The lowest BCUT2D eigenvalue weighted by Gasteiger charge is -2.42. The Labute approximate surface area is 427 Å². The van der Waals surface area contributed by atoms with E-state index in [0.29, 0.717) is 17.9 Å². The van der Waals surface area contributed by atoms with Crippen LogP contribution >= 0.6 is 23.4 Å². The number of carbonyl (C=O) groups excluding carboxylic acids is 6. The summed E-state index contributed by atoms with van der Waals surface area (Å²) >= 11 is 7.91. The second-order valence-corrected chi connectivity index (χ2v) is 20.2. The van der Waals surface area contributed by atoms with Gasteiger partial charge in [-0.15, -0.1) is 0 Å². The molecule has 3 fully saturated rings. The smallest absolute Gasteiger partial charge is 0.409 e. The number of nitrogens with one attached hydrogen (secondary N) is 1. The van der Waals surface area contributed by atoms with E-state index in [1.807, 2.05) is 13.0 Å². The molecule has 3 saturated heterocycles. The minimum Gasteiger partial charge on any atom is -0.495 e. The number of aliphatic hydroxyl groups is 1. The number of amides is 4. The normalized spacial score (nSPS) is 27.3. The molecule has 4 heterocycles. The average Bonchev–Trinajstić information content (AvgIpc) is 4.06. The lowest BCUT2D eigenvalue weighted by molar-refractivity contribution is -0.162. The predicted octanol–water partition coefficient (Wildman–Crippen LogP) is 6.18. The Hall–Kier alpha value is -5.49. The molecule has 400 valence electrons. The van der Waals surface area contributed by atoms with Gasteiger partial charge in [0.05, 0.1) is 37.0 Å². The van der Waals surface area contributed by atoms with Crippen LogP contribution < -0.4 is 19.7 Å². The van der Waals surface area contributed by atoms with E-state index in [2.05, 4.69) is 10.1 Å². The van der Waals surface area contributed by atoms with Gasteiger partial charge in [0.15, 0.2) is 5.72 Å². The van der Waals surface area contributed by atoms with E-state index in [1.165, 1.54) is 49.9 Å². The fraction of sp³-hybridized carbons (Fsp3) is 0.551. The monoisotopic (exact) mass is 1070 g/mol. The van der Waals surface area contributed by atoms with Crippen LogP contribution in [0.3, 0.4) is 0 Å². The summed E-state index contributed by atoms with van der Waals surface area (Å²) in [6, 6.07) is 2.29. The summed E-state index contributed by atoms with van der Waals surface area (Å²) < 4.78 is 103. The molecule has 0 aromatic heterocycles. The molecule has 4 aliphatic rings. The summed E-state index contributed by atoms with van der Waals surface area (Å²) in [5, 5.41) is 14.5. The number of nitrogens with zero attached hydrogens (tertiary/aromatic N) is 3. The molecule has 2 aromatic carbocycles. The van der Waals surface area contributed by atoms with Crippen molar-refractivity contribution in [1.82, 2.24) is 15.1 Å². The van der Waals surface area contributed by atoms with Crippen molar-refractivity contribution in [2.24, 2.45) is 11.8 Å². The molecule has 0 unspecified atom stereocenters. The zero-order valence-electron chi connectivity index (χ0n) is 41.4. The van der Waals surface area contributed by atoms with Crippen LogP contribution in [0.25, 0.3) is 0 Å². The molecule has 0 saturated carbocycles. The third-order valence-electron chi connectivity index (χ3n) is 13.8. The molecule has 17 nitrogen and oxygen atoms in total. The lowest BCUT2D eigenvalue weighted by Crippen LogP contribution is -2.63. The lowest BCUT2D eigenvalue weighted by atomic mass is 9.83. The Bertz CT molecular complexity index is 2520. The number of rotatable bonds is 12. The quantitative estimate of drug-likeness (QED) is 0.0464. The first-order valence-electron chi connectivity index (χ1n) is 23.3. The van der Waals surface area contributed by atoms with Gasteiger partial charge in [-0.25, -0.2) is 22.8 Å². The fourth-order valence-corrected chi connectivity index (χ4v) is 10.2. The van der Waals surface area contributed by atoms with Gasteiger partial charge in [0.25, 0.3) is 0 Å². The van der Waals surface area contributed by atoms with Crippen molar-refractivity contribution in [3.63, 3.8) is 0 Å². The summed E-state index contributed by atoms with van der Waals surface area (Å²) in [6.07, 6.45) is -0.0741. The summed E-state index contributed by atoms with van der Waals surface area (Å²) in [4.78, 5) is 84.2. The molecule has 4 bridgehead atoms. The van der Waals surface area contributed by atoms with E-state index >= 15 is 0 Å². The predicted molar refractivity (Wildman–Crippen MR) is 254 cm³/mol. The zero-order chi connectivity index (χ0) is 53.9. The highest BCUT2D eigenvalue weighted by Crippen LogP contribution is 2.49. The number of epoxide rings is 1. The number of benzene rings is 2. The number of carbonyl (C=O) groups is 6. The third-order valence-corrected chi connectivity index (χ3v) is 15.1. The van der Waals surface area contributed by atoms with Crippen LogP contribution in [0.1, 0.15) is 65.4 Å². The number of anilines is 1. The summed E-state index contributed by atoms with van der Waals surface area (Å²) in [6.45, 7) is 6.75. The number of ether oxygens (including phenoxy) is 6. The SMILES string of the molecule is COc1cc2cc(c1Cl)N(C)C(=O)C[C@H](OC(=O)[C@@H](C)N(C)C(=O)CCSCC(=O)N1CCC(C(=O)Oc3c(F)c(F)c(F)c(F)c3F)CC1)[C@]1(C)O[C@H]1[C@H](C)[C@@H]1C[C@@](O)(NC(=O)O1)[C@H](OC)/C=C/C=C(\C)C2. The van der Waals surface area contributed by atoms with Gasteiger partial charge in [0.2, 0.25) is 52.6 Å². The van der Waals surface area contributed by atoms with Crippen molar-refractivity contribution in [3.05, 3.63) is 75.6 Å². The van der Waals surface area contributed by atoms with Crippen LogP contribution in [0.4, 0.5) is 32.4 Å². The summed E-state index contributed by atoms with van der Waals surface area (Å²) in [5.41, 5.74) is -1.33. The summed E-state index contributed by atoms with van der Waals surface area (Å²) in [5.74, 6) is -17.9. The molecule has 0 spiro atoms. The number of fused-ring (bicyclic) bond motifs is 5. The molecule has 2 N–H and O–H groups in total. The maximum Gasteiger partial charge on any atom is 0.409 e. The van der Waals surface area contributed by atoms with E-state index in [9.17, 15) is 55.8 Å². The Morgan fingerprint density at radius 1 is 1.04 bits per heavy atom. The van der Waals surface area contributed by atoms with Crippen LogP contribution in [0.15, 0.2) is 35.9 Å². The van der Waals surface area contributed by atoms with E-state index < -0.39 is 125 Å². The molecule has 73 heavy (non-hydrogen) atoms. The number of hydrogen-bond donors (Lipinski definition) is 2. The van der Waals surface area contributed by atoms with Gasteiger partial charge >= 0.3 is 18.0 Å². The van der Waals surface area contributed by atoms with Crippen molar-refractivity contribution < 1.29 is 84.2 Å². The minimum atomic E-state index is -2.40. The first-order chi connectivity index (χ1) is 34.3. The van der Waals surface area contributed by atoms with E-state index in [-0.39, 0.29) is 61.2 Å². The molecule has 4 amide bonds. The second kappa shape index (κ2) is 23.4. The number of hydrogen-bond acceptors (Lipinski definition) is 14. The van der Waals surface area contributed by atoms with Gasteiger partial charge < -0.3 is 48.2 Å². The van der Waals surface area contributed by atoms with Crippen molar-refractivity contribution in [2.75, 3.05) is 57.8 Å². The highest BCUT2D eigenvalue weighted by Gasteiger charge is 2.64. The number of esters is 2. The number of alkyl carbamates (subject to hydrolysis) is 1. The fourth-order valence-electron chi connectivity index (χ4n) is 9.03. The number of thioether (sulfide) groups is 1. The Morgan fingerprint density at radius 3 is 2.32 bits per heavy atom. The number of likely N-dealkylation sites (tertiary alicyclic amines) is 1. The maximum absolute atomic E-state index is 14.3. The number of piperidine rings is 1. The van der Waals surface area contributed by atoms with Gasteiger partial charge in [-0.2, -0.15) is 20.5 Å². The second-order valence-electron chi connectivity index (χ2n) is 18.7. The molecule has 0 aliphatic carbocycles. The van der Waals surface area contributed by atoms with E-state index in [1.54, 1.807) is 38.1 Å². The third kappa shape index (κ3) is 12.5. The number of likely N-dealkylation sites (N-methyl/N-ethyl adjacent to an activating group) is 1. The van der Waals surface area contributed by atoms with Crippen LogP contribution in [0.2, 0.25) is 5.02 Å². The number of halogens is 6. The number of allylic oxidation sites excluding steroid dienone is 3. The first-order valence-corrected chi connectivity index (χ1v) is 24.8. The van der Waals surface area contributed by atoms with Gasteiger partial charge in [-0.05, 0) is 57.7 Å². The maximum atomic E-state index is 14.3. The molecule has 24 heteroatoms. The standard InChI is InChI=1S/C49H58ClF5N4O13S/c1-24-10-9-11-32(68-8)49(66)22-31(69-47(65)56-49)25(2)44-48(4,72-44)33(21-35(61)58(6)29-19-27(18-24)20-30(67-7)37(29)50)70-45(63)26(3)57(5)34(60)14-17-73-23-36(62)59-15-12-28(13-16-59)46(64)71-43-41(54)39(52)38(51)40(53)42(43)55/h9-11,19-20,25-26,28,31-33,44,66H,12-18,21-23H2,1-8H3,(H,56,65)/b11-9+,24-10+/t25-,26-,31+,32-,33+,44+,48+,49+/m1/s1. The molecule has 2 aromatic rings. The van der Waals surface area contributed by atoms with Crippen molar-refractivity contribution in [1.29, 1.82) is 0 Å². The highest BCUT2D eigenvalue weighted by atomic mass is 35.5. The average molecular weight is 1070 g/mol. The molecule has 0 radical (unpaired) electrons. The Kier molecular flexibility index (Phi) is 18.2. The molecule has 8 atom stereocenters. The first kappa shape index (κ1) is 56.8. The Morgan fingerprint density at radius 2 is 1.68 bits per heavy atom. The van der Waals surface area contributed by atoms with Crippen LogP contribution in [0, 0.1) is 40.9 Å². The largest absolute Gasteiger partial charge is 0.495 e. The molecule has 4 aliphatic heterocycles. The molecule has 6 rings (SSSR count). The molecular formula is C49H58ClF5N4O13S. The van der Waals surface area contributed by atoms with Crippen molar-refractivity contribution in [3.8, 4) is 11.5 Å². The van der Waals surface area contributed by atoms with Crippen LogP contribution in [-0.4, -0.2) is 145 Å². The van der Waals surface area contributed by atoms with Crippen LogP contribution in [0.5, 0.6) is 11.5 Å². The van der Waals surface area contributed by atoms with Crippen molar-refractivity contribution in [2.45, 2.75) is 108 Å². The highest BCUT2D eigenvalue weighted by molar-refractivity contribution is 7.99.